The van der Waals surface area contributed by atoms with E-state index in [4.69, 9.17) is 10.5 Å². The summed E-state index contributed by atoms with van der Waals surface area (Å²) >= 11 is 0. The first-order chi connectivity index (χ1) is 7.31. The van der Waals surface area contributed by atoms with E-state index in [-0.39, 0.29) is 0 Å². The topological polar surface area (TPSA) is 35.2 Å². The summed E-state index contributed by atoms with van der Waals surface area (Å²) in [4.78, 5) is 0. The quantitative estimate of drug-likeness (QED) is 0.821. The molecule has 2 heteroatoms. The number of benzene rings is 1. The third-order valence-electron chi connectivity index (χ3n) is 2.87. The van der Waals surface area contributed by atoms with E-state index in [1.54, 1.807) is 0 Å². The molecule has 0 spiro atoms. The standard InChI is InChI=1S/C13H19NO/c1-10-8-11(4-2-6-14)13-12(9-10)5-3-7-15-13/h8-9H,2-7,14H2,1H3. The van der Waals surface area contributed by atoms with Crippen molar-refractivity contribution in [3.63, 3.8) is 0 Å². The van der Waals surface area contributed by atoms with Crippen LogP contribution in [0.5, 0.6) is 5.75 Å². The lowest BCUT2D eigenvalue weighted by molar-refractivity contribution is 0.285. The van der Waals surface area contributed by atoms with E-state index in [0.717, 1.165) is 44.6 Å². The van der Waals surface area contributed by atoms with E-state index in [1.807, 2.05) is 0 Å². The summed E-state index contributed by atoms with van der Waals surface area (Å²) in [7, 11) is 0. The smallest absolute Gasteiger partial charge is 0.125 e. The molecule has 1 aliphatic heterocycles. The fraction of sp³-hybridized carbons (Fsp3) is 0.538. The Labute approximate surface area is 91.4 Å². The lowest BCUT2D eigenvalue weighted by atomic mass is 9.97. The van der Waals surface area contributed by atoms with Crippen molar-refractivity contribution in [3.05, 3.63) is 28.8 Å². The van der Waals surface area contributed by atoms with Gasteiger partial charge in [-0.15, -0.1) is 0 Å². The second-order valence-corrected chi connectivity index (χ2v) is 4.26. The number of hydrogen-bond acceptors (Lipinski definition) is 2. The van der Waals surface area contributed by atoms with Crippen LogP contribution in [0.15, 0.2) is 12.1 Å². The molecule has 0 amide bonds. The highest BCUT2D eigenvalue weighted by Crippen LogP contribution is 2.31. The second kappa shape index (κ2) is 4.67. The SMILES string of the molecule is Cc1cc(CCCN)c2c(c1)CCCO2. The van der Waals surface area contributed by atoms with Crippen molar-refractivity contribution in [3.8, 4) is 5.75 Å². The van der Waals surface area contributed by atoms with E-state index < -0.39 is 0 Å². The monoisotopic (exact) mass is 205 g/mol. The fourth-order valence-electron chi connectivity index (χ4n) is 2.21. The van der Waals surface area contributed by atoms with Crippen molar-refractivity contribution < 1.29 is 4.74 Å². The van der Waals surface area contributed by atoms with Gasteiger partial charge in [-0.3, -0.25) is 0 Å². The second-order valence-electron chi connectivity index (χ2n) is 4.26. The highest BCUT2D eigenvalue weighted by molar-refractivity contribution is 5.45. The van der Waals surface area contributed by atoms with Gasteiger partial charge in [0.2, 0.25) is 0 Å². The van der Waals surface area contributed by atoms with Crippen molar-refractivity contribution in [1.29, 1.82) is 0 Å². The lowest BCUT2D eigenvalue weighted by Crippen LogP contribution is -2.11. The minimum atomic E-state index is 0.753. The van der Waals surface area contributed by atoms with Gasteiger partial charge in [0.25, 0.3) is 0 Å². The van der Waals surface area contributed by atoms with Gasteiger partial charge in [-0.1, -0.05) is 17.7 Å². The first-order valence-electron chi connectivity index (χ1n) is 5.76. The highest BCUT2D eigenvalue weighted by atomic mass is 16.5. The Hall–Kier alpha value is -1.02. The maximum Gasteiger partial charge on any atom is 0.125 e. The molecule has 0 saturated heterocycles. The normalized spacial score (nSPS) is 14.5. The highest BCUT2D eigenvalue weighted by Gasteiger charge is 2.14. The molecule has 82 valence electrons. The van der Waals surface area contributed by atoms with Crippen LogP contribution in [0.3, 0.4) is 0 Å². The van der Waals surface area contributed by atoms with Crippen LogP contribution < -0.4 is 10.5 Å². The van der Waals surface area contributed by atoms with Crippen molar-refractivity contribution in [2.75, 3.05) is 13.2 Å². The van der Waals surface area contributed by atoms with Crippen LogP contribution in [-0.2, 0) is 12.8 Å². The fourth-order valence-corrected chi connectivity index (χ4v) is 2.21. The van der Waals surface area contributed by atoms with Gasteiger partial charge in [0.1, 0.15) is 5.75 Å². The van der Waals surface area contributed by atoms with Crippen molar-refractivity contribution in [1.82, 2.24) is 0 Å². The van der Waals surface area contributed by atoms with Crippen LogP contribution in [0.1, 0.15) is 29.5 Å². The number of nitrogens with two attached hydrogens (primary N) is 1. The van der Waals surface area contributed by atoms with E-state index in [1.165, 1.54) is 16.7 Å². The molecule has 0 radical (unpaired) electrons. The van der Waals surface area contributed by atoms with Gasteiger partial charge in [-0.2, -0.15) is 0 Å². The zero-order valence-electron chi connectivity index (χ0n) is 9.38. The van der Waals surface area contributed by atoms with Crippen LogP contribution in [0.2, 0.25) is 0 Å². The van der Waals surface area contributed by atoms with E-state index in [2.05, 4.69) is 19.1 Å². The number of ether oxygens (including phenoxy) is 1. The molecule has 0 aliphatic carbocycles. The van der Waals surface area contributed by atoms with Crippen LogP contribution in [0.4, 0.5) is 0 Å². The third-order valence-corrected chi connectivity index (χ3v) is 2.87. The average molecular weight is 205 g/mol. The van der Waals surface area contributed by atoms with Gasteiger partial charge in [0.05, 0.1) is 6.61 Å². The molecule has 2 N–H and O–H groups in total. The van der Waals surface area contributed by atoms with Crippen molar-refractivity contribution in [2.24, 2.45) is 5.73 Å². The molecule has 2 nitrogen and oxygen atoms in total. The maximum absolute atomic E-state index is 5.77. The summed E-state index contributed by atoms with van der Waals surface area (Å²) in [6.45, 7) is 3.77. The number of rotatable bonds is 3. The zero-order valence-corrected chi connectivity index (χ0v) is 9.38. The first-order valence-corrected chi connectivity index (χ1v) is 5.76. The summed E-state index contributed by atoms with van der Waals surface area (Å²) in [5.41, 5.74) is 9.61. The molecule has 15 heavy (non-hydrogen) atoms. The predicted molar refractivity (Wildman–Crippen MR) is 62.4 cm³/mol. The summed E-state index contributed by atoms with van der Waals surface area (Å²) in [6, 6.07) is 4.49. The molecule has 0 aromatic heterocycles. The van der Waals surface area contributed by atoms with Crippen LogP contribution in [-0.4, -0.2) is 13.2 Å². The zero-order chi connectivity index (χ0) is 10.7. The van der Waals surface area contributed by atoms with Crippen molar-refractivity contribution in [2.45, 2.75) is 32.6 Å². The number of fused-ring (bicyclic) bond motifs is 1. The molecular weight excluding hydrogens is 186 g/mol. The molecule has 0 saturated carbocycles. The lowest BCUT2D eigenvalue weighted by Gasteiger charge is -2.21. The Kier molecular flexibility index (Phi) is 3.27. The van der Waals surface area contributed by atoms with Gasteiger partial charge in [0, 0.05) is 0 Å². The Balaban J connectivity index is 2.30. The molecule has 1 heterocycles. The molecule has 0 atom stereocenters. The molecule has 2 rings (SSSR count). The Morgan fingerprint density at radius 1 is 1.40 bits per heavy atom. The van der Waals surface area contributed by atoms with Crippen molar-refractivity contribution >= 4 is 0 Å². The Bertz CT molecular complexity index is 347. The Morgan fingerprint density at radius 3 is 3.07 bits per heavy atom. The first kappa shape index (κ1) is 10.5. The van der Waals surface area contributed by atoms with Gasteiger partial charge in [-0.25, -0.2) is 0 Å². The summed E-state index contributed by atoms with van der Waals surface area (Å²) in [5, 5.41) is 0. The van der Waals surface area contributed by atoms with Gasteiger partial charge < -0.3 is 10.5 Å². The predicted octanol–water partition coefficient (Wildman–Crippen LogP) is 2.21. The molecule has 0 fully saturated rings. The molecular formula is C13H19NO. The maximum atomic E-state index is 5.77. The molecule has 0 bridgehead atoms. The number of aryl methyl sites for hydroxylation is 3. The molecule has 0 unspecified atom stereocenters. The van der Waals surface area contributed by atoms with Gasteiger partial charge in [0.15, 0.2) is 0 Å². The van der Waals surface area contributed by atoms with Crippen LogP contribution in [0.25, 0.3) is 0 Å². The largest absolute Gasteiger partial charge is 0.493 e. The summed E-state index contributed by atoms with van der Waals surface area (Å²) in [6.07, 6.45) is 4.39. The van der Waals surface area contributed by atoms with Crippen LogP contribution in [0, 0.1) is 6.92 Å². The molecule has 1 aromatic rings. The molecule has 1 aromatic carbocycles. The molecule has 1 aliphatic rings. The Morgan fingerprint density at radius 2 is 2.27 bits per heavy atom. The number of hydrogen-bond donors (Lipinski definition) is 1. The average Bonchev–Trinajstić information content (AvgIpc) is 2.25. The van der Waals surface area contributed by atoms with Gasteiger partial charge >= 0.3 is 0 Å². The van der Waals surface area contributed by atoms with E-state index >= 15 is 0 Å². The van der Waals surface area contributed by atoms with E-state index in [9.17, 15) is 0 Å². The summed E-state index contributed by atoms with van der Waals surface area (Å²) in [5.74, 6) is 1.14. The minimum absolute atomic E-state index is 0.753. The minimum Gasteiger partial charge on any atom is -0.493 e. The van der Waals surface area contributed by atoms with Crippen LogP contribution >= 0.6 is 0 Å². The third kappa shape index (κ3) is 2.32. The van der Waals surface area contributed by atoms with E-state index in [0.29, 0.717) is 0 Å². The van der Waals surface area contributed by atoms with Gasteiger partial charge in [-0.05, 0) is 50.3 Å². The summed E-state index contributed by atoms with van der Waals surface area (Å²) < 4.78 is 5.77.